The van der Waals surface area contributed by atoms with Gasteiger partial charge in [0, 0.05) is 23.2 Å². The molecule has 12 nitrogen and oxygen atoms in total. The molecule has 0 saturated heterocycles. The number of nitrogens with two attached hydrogens (primary N) is 1. The van der Waals surface area contributed by atoms with Crippen LogP contribution >= 0.6 is 11.6 Å². The van der Waals surface area contributed by atoms with E-state index in [4.69, 9.17) is 30.9 Å². The standard InChI is InChI=1S/C25H25ClFN9O3/c1-29-25(37)22-18(9-20(26)33-34-22)32-19-6-13(10-39-11-15-7-14(27)8-21(28)31-15)5-17(23(19)38-2)24-30-12-36(35-24)16-3-4-16/h5-9,12,16H,3-4,10-11H2,1-2H3,(H2,28,31)(H,29,37)(H,32,33)/i1D3. The smallest absolute Gasteiger partial charge is 0.273 e. The van der Waals surface area contributed by atoms with Crippen LogP contribution in [0.15, 0.2) is 36.7 Å². The van der Waals surface area contributed by atoms with E-state index in [1.165, 1.54) is 19.2 Å². The van der Waals surface area contributed by atoms with E-state index in [1.807, 2.05) is 5.32 Å². The third-order valence-electron chi connectivity index (χ3n) is 5.77. The molecule has 1 saturated carbocycles. The van der Waals surface area contributed by atoms with Gasteiger partial charge in [-0.2, -0.15) is 5.10 Å². The van der Waals surface area contributed by atoms with Crippen LogP contribution in [0.2, 0.25) is 5.15 Å². The van der Waals surface area contributed by atoms with Gasteiger partial charge in [-0.05, 0) is 36.6 Å². The van der Waals surface area contributed by atoms with Gasteiger partial charge in [-0.1, -0.05) is 11.6 Å². The highest BCUT2D eigenvalue weighted by molar-refractivity contribution is 6.29. The quantitative estimate of drug-likeness (QED) is 0.263. The number of anilines is 3. The number of carbonyl (C=O) groups is 1. The Kier molecular flexibility index (Phi) is 6.48. The Hall–Kier alpha value is -4.36. The Labute approximate surface area is 231 Å². The van der Waals surface area contributed by atoms with Crippen LogP contribution < -0.4 is 21.1 Å². The number of nitrogens with one attached hydrogen (secondary N) is 2. The Balaban J connectivity index is 1.51. The Morgan fingerprint density at radius 3 is 2.82 bits per heavy atom. The molecular formula is C25H25ClFN9O3. The van der Waals surface area contributed by atoms with Crippen molar-refractivity contribution < 1.29 is 22.8 Å². The zero-order chi connectivity index (χ0) is 30.0. The van der Waals surface area contributed by atoms with E-state index in [-0.39, 0.29) is 41.6 Å². The minimum absolute atomic E-state index is 0.0238. The first-order valence-electron chi connectivity index (χ1n) is 13.2. The molecule has 0 spiro atoms. The van der Waals surface area contributed by atoms with Crippen LogP contribution in [0.3, 0.4) is 0 Å². The Morgan fingerprint density at radius 1 is 1.23 bits per heavy atom. The Bertz CT molecular complexity index is 1610. The molecule has 0 aliphatic heterocycles. The monoisotopic (exact) mass is 556 g/mol. The van der Waals surface area contributed by atoms with E-state index in [2.05, 4.69) is 30.6 Å². The van der Waals surface area contributed by atoms with E-state index in [1.54, 1.807) is 23.1 Å². The van der Waals surface area contributed by atoms with Gasteiger partial charge in [0.1, 0.15) is 18.0 Å². The fourth-order valence-electron chi connectivity index (χ4n) is 3.92. The van der Waals surface area contributed by atoms with Gasteiger partial charge in [0.05, 0.1) is 49.0 Å². The average Bonchev–Trinajstić information content (AvgIpc) is 3.63. The molecule has 3 aromatic heterocycles. The first-order valence-corrected chi connectivity index (χ1v) is 12.1. The van der Waals surface area contributed by atoms with Crippen LogP contribution in [0.1, 0.15) is 44.7 Å². The predicted molar refractivity (Wildman–Crippen MR) is 141 cm³/mol. The van der Waals surface area contributed by atoms with Gasteiger partial charge in [-0.25, -0.2) is 19.0 Å². The summed E-state index contributed by atoms with van der Waals surface area (Å²) >= 11 is 6.07. The van der Waals surface area contributed by atoms with Crippen molar-refractivity contribution in [1.29, 1.82) is 0 Å². The molecule has 0 radical (unpaired) electrons. The van der Waals surface area contributed by atoms with E-state index in [9.17, 15) is 9.18 Å². The fourth-order valence-corrected chi connectivity index (χ4v) is 4.07. The number of hydrogen-bond acceptors (Lipinski definition) is 10. The average molecular weight is 557 g/mol. The van der Waals surface area contributed by atoms with Crippen molar-refractivity contribution in [2.24, 2.45) is 0 Å². The van der Waals surface area contributed by atoms with Gasteiger partial charge >= 0.3 is 0 Å². The normalized spacial score (nSPS) is 14.3. The number of amides is 1. The lowest BCUT2D eigenvalue weighted by Crippen LogP contribution is -2.21. The minimum atomic E-state index is -2.76. The molecule has 0 atom stereocenters. The number of nitrogen functional groups attached to an aromatic ring is 1. The second-order valence-electron chi connectivity index (χ2n) is 8.71. The lowest BCUT2D eigenvalue weighted by molar-refractivity contribution is 0.0958. The number of halogens is 2. The molecule has 0 bridgehead atoms. The van der Waals surface area contributed by atoms with Gasteiger partial charge in [-0.15, -0.1) is 10.2 Å². The van der Waals surface area contributed by atoms with Gasteiger partial charge in [0.15, 0.2) is 22.4 Å². The molecule has 1 amide bonds. The number of methoxy groups -OCH3 is 1. The summed E-state index contributed by atoms with van der Waals surface area (Å²) in [7, 11) is 1.46. The van der Waals surface area contributed by atoms with Crippen LogP contribution in [0.4, 0.5) is 21.6 Å². The van der Waals surface area contributed by atoms with Gasteiger partial charge < -0.3 is 25.8 Å². The van der Waals surface area contributed by atoms with Crippen molar-refractivity contribution in [3.8, 4) is 17.1 Å². The molecule has 14 heteroatoms. The predicted octanol–water partition coefficient (Wildman–Crippen LogP) is 3.67. The molecule has 1 fully saturated rings. The summed E-state index contributed by atoms with van der Waals surface area (Å²) < 4.78 is 49.2. The lowest BCUT2D eigenvalue weighted by Gasteiger charge is -2.17. The van der Waals surface area contributed by atoms with E-state index in [0.29, 0.717) is 34.1 Å². The van der Waals surface area contributed by atoms with Gasteiger partial charge in [-0.3, -0.25) is 4.79 Å². The highest BCUT2D eigenvalue weighted by Crippen LogP contribution is 2.40. The number of carbonyl (C=O) groups excluding carboxylic acids is 1. The van der Waals surface area contributed by atoms with Crippen molar-refractivity contribution in [3.63, 3.8) is 0 Å². The van der Waals surface area contributed by atoms with Crippen LogP contribution in [0.25, 0.3) is 11.4 Å². The number of aromatic nitrogens is 6. The second kappa shape index (κ2) is 11.2. The zero-order valence-electron chi connectivity index (χ0n) is 23.6. The molecule has 1 aliphatic rings. The summed E-state index contributed by atoms with van der Waals surface area (Å²) in [5, 5.41) is 17.0. The van der Waals surface area contributed by atoms with Crippen molar-refractivity contribution in [3.05, 3.63) is 64.6 Å². The Morgan fingerprint density at radius 2 is 2.08 bits per heavy atom. The van der Waals surface area contributed by atoms with Crippen LogP contribution in [-0.2, 0) is 18.0 Å². The summed E-state index contributed by atoms with van der Waals surface area (Å²) in [4.78, 5) is 21.2. The molecule has 4 aromatic rings. The molecule has 1 aromatic carbocycles. The second-order valence-corrected chi connectivity index (χ2v) is 9.09. The van der Waals surface area contributed by atoms with E-state index >= 15 is 0 Å². The molecule has 39 heavy (non-hydrogen) atoms. The first kappa shape index (κ1) is 22.6. The van der Waals surface area contributed by atoms with Crippen molar-refractivity contribution in [2.75, 3.05) is 25.1 Å². The van der Waals surface area contributed by atoms with Crippen LogP contribution in [0, 0.1) is 5.82 Å². The summed E-state index contributed by atoms with van der Waals surface area (Å²) in [6, 6.07) is 7.42. The maximum absolute atomic E-state index is 13.7. The molecule has 3 heterocycles. The third-order valence-corrected chi connectivity index (χ3v) is 5.95. The van der Waals surface area contributed by atoms with Crippen LogP contribution in [0.5, 0.6) is 5.75 Å². The topological polar surface area (TPSA) is 155 Å². The maximum atomic E-state index is 13.7. The highest BCUT2D eigenvalue weighted by Gasteiger charge is 2.26. The number of hydrogen-bond donors (Lipinski definition) is 3. The molecule has 202 valence electrons. The molecular weight excluding hydrogens is 529 g/mol. The van der Waals surface area contributed by atoms with Crippen molar-refractivity contribution in [2.45, 2.75) is 32.1 Å². The van der Waals surface area contributed by atoms with E-state index < -0.39 is 18.7 Å². The van der Waals surface area contributed by atoms with Gasteiger partial charge in [0.25, 0.3) is 5.91 Å². The summed E-state index contributed by atoms with van der Waals surface area (Å²) in [6.07, 6.45) is 3.67. The van der Waals surface area contributed by atoms with Crippen molar-refractivity contribution in [1.82, 2.24) is 35.3 Å². The fraction of sp³-hybridized carbons (Fsp3) is 0.280. The molecule has 5 rings (SSSR count). The number of nitrogens with zero attached hydrogens (tertiary/aromatic N) is 6. The largest absolute Gasteiger partial charge is 0.494 e. The van der Waals surface area contributed by atoms with Gasteiger partial charge in [0.2, 0.25) is 0 Å². The number of ether oxygens (including phenoxy) is 2. The number of pyridine rings is 1. The first-order chi connectivity index (χ1) is 20.0. The number of rotatable bonds is 10. The maximum Gasteiger partial charge on any atom is 0.273 e. The zero-order valence-corrected chi connectivity index (χ0v) is 21.4. The summed E-state index contributed by atoms with van der Waals surface area (Å²) in [6.45, 7) is -2.73. The SMILES string of the molecule is [2H]C([2H])([2H])NC(=O)c1nnc(Cl)cc1Nc1cc(COCc2cc(F)cc(N)n2)cc(-c2ncn(C3CC3)n2)c1OC. The molecule has 0 unspecified atom stereocenters. The lowest BCUT2D eigenvalue weighted by atomic mass is 10.1. The third kappa shape index (κ3) is 6.04. The highest BCUT2D eigenvalue weighted by atomic mass is 35.5. The molecule has 1 aliphatic carbocycles. The summed E-state index contributed by atoms with van der Waals surface area (Å²) in [5.74, 6) is -0.782. The molecule has 4 N–H and O–H groups in total. The minimum Gasteiger partial charge on any atom is -0.494 e. The number of benzene rings is 1. The van der Waals surface area contributed by atoms with E-state index in [0.717, 1.165) is 18.9 Å². The van der Waals surface area contributed by atoms with Crippen LogP contribution in [-0.4, -0.2) is 49.9 Å². The summed E-state index contributed by atoms with van der Waals surface area (Å²) in [5.41, 5.74) is 7.18. The van der Waals surface area contributed by atoms with Crippen molar-refractivity contribution >= 4 is 34.7 Å².